The minimum atomic E-state index is -4.43. The number of pyridine rings is 1. The van der Waals surface area contributed by atoms with Gasteiger partial charge in [0.25, 0.3) is 0 Å². The average molecular weight is 482 g/mol. The standard InChI is InChI=1S/C25H34F3N3O3/c1-16(2)24(10-6-19(15-24)30-22(33)34-23(3,4)5)21(32)31-12-8-17(9-13-31)20-14-18(7-11-29-20)25(26,27)28/h7-8,11,14,16,19H,6,9-10,12-13,15H2,1-5H3,(H,30,33)/t19-,24+/m1/s1. The summed E-state index contributed by atoms with van der Waals surface area (Å²) in [5.41, 5.74) is -0.919. The van der Waals surface area contributed by atoms with Gasteiger partial charge in [0.05, 0.1) is 16.7 Å². The highest BCUT2D eigenvalue weighted by Crippen LogP contribution is 2.46. The van der Waals surface area contributed by atoms with E-state index in [2.05, 4.69) is 10.3 Å². The van der Waals surface area contributed by atoms with E-state index >= 15 is 0 Å². The van der Waals surface area contributed by atoms with Crippen LogP contribution in [-0.4, -0.2) is 46.6 Å². The molecule has 0 saturated heterocycles. The Morgan fingerprint density at radius 1 is 1.26 bits per heavy atom. The predicted molar refractivity (Wildman–Crippen MR) is 123 cm³/mol. The number of nitrogens with zero attached hydrogens (tertiary/aromatic N) is 2. The lowest BCUT2D eigenvalue weighted by Crippen LogP contribution is -2.48. The van der Waals surface area contributed by atoms with Gasteiger partial charge in [0.2, 0.25) is 5.91 Å². The molecule has 0 aromatic carbocycles. The summed E-state index contributed by atoms with van der Waals surface area (Å²) in [7, 11) is 0. The van der Waals surface area contributed by atoms with Crippen molar-refractivity contribution >= 4 is 17.6 Å². The molecular formula is C25H34F3N3O3. The molecule has 1 aliphatic carbocycles. The second kappa shape index (κ2) is 9.58. The Hall–Kier alpha value is -2.58. The predicted octanol–water partition coefficient (Wildman–Crippen LogP) is 5.44. The van der Waals surface area contributed by atoms with Gasteiger partial charge in [-0.1, -0.05) is 19.9 Å². The maximum Gasteiger partial charge on any atom is 0.416 e. The summed E-state index contributed by atoms with van der Waals surface area (Å²) in [5, 5.41) is 2.90. The van der Waals surface area contributed by atoms with Crippen molar-refractivity contribution in [3.05, 3.63) is 35.7 Å². The SMILES string of the molecule is CC(C)[C@]1(C(=O)N2CC=C(c3cc(C(F)(F)F)ccn3)CC2)CC[C@@H](NC(=O)OC(C)(C)C)C1. The van der Waals surface area contributed by atoms with Crippen LogP contribution in [-0.2, 0) is 15.7 Å². The minimum absolute atomic E-state index is 0.0308. The van der Waals surface area contributed by atoms with Crippen molar-refractivity contribution in [2.75, 3.05) is 13.1 Å². The van der Waals surface area contributed by atoms with E-state index in [0.717, 1.165) is 12.1 Å². The Morgan fingerprint density at radius 2 is 1.97 bits per heavy atom. The fourth-order valence-electron chi connectivity index (χ4n) is 4.82. The van der Waals surface area contributed by atoms with E-state index in [4.69, 9.17) is 4.74 Å². The number of hydrogen-bond donors (Lipinski definition) is 1. The molecule has 0 spiro atoms. The van der Waals surface area contributed by atoms with Crippen molar-refractivity contribution in [1.29, 1.82) is 0 Å². The topological polar surface area (TPSA) is 71.5 Å². The van der Waals surface area contributed by atoms with Gasteiger partial charge < -0.3 is 15.0 Å². The first kappa shape index (κ1) is 26.0. The van der Waals surface area contributed by atoms with Gasteiger partial charge in [-0.25, -0.2) is 4.79 Å². The van der Waals surface area contributed by atoms with Gasteiger partial charge in [-0.3, -0.25) is 9.78 Å². The minimum Gasteiger partial charge on any atom is -0.444 e. The van der Waals surface area contributed by atoms with E-state index in [1.165, 1.54) is 6.20 Å². The highest BCUT2D eigenvalue weighted by atomic mass is 19.4. The van der Waals surface area contributed by atoms with Crippen LogP contribution in [0.4, 0.5) is 18.0 Å². The summed E-state index contributed by atoms with van der Waals surface area (Å²) in [4.78, 5) is 31.7. The van der Waals surface area contributed by atoms with E-state index in [0.29, 0.717) is 50.0 Å². The number of carbonyl (C=O) groups excluding carboxylic acids is 2. The molecule has 3 rings (SSSR count). The molecule has 0 unspecified atom stereocenters. The second-order valence-electron chi connectivity index (χ2n) is 10.6. The van der Waals surface area contributed by atoms with Crippen LogP contribution in [0.2, 0.25) is 0 Å². The third-order valence-corrected chi connectivity index (χ3v) is 6.71. The Morgan fingerprint density at radius 3 is 2.53 bits per heavy atom. The lowest BCUT2D eigenvalue weighted by Gasteiger charge is -2.39. The highest BCUT2D eigenvalue weighted by molar-refractivity contribution is 5.85. The monoisotopic (exact) mass is 481 g/mol. The zero-order valence-corrected chi connectivity index (χ0v) is 20.5. The molecule has 2 atom stereocenters. The zero-order valence-electron chi connectivity index (χ0n) is 20.5. The lowest BCUT2D eigenvalue weighted by atomic mass is 9.74. The quantitative estimate of drug-likeness (QED) is 0.622. The lowest BCUT2D eigenvalue weighted by molar-refractivity contribution is -0.144. The first-order chi connectivity index (χ1) is 15.7. The smallest absolute Gasteiger partial charge is 0.416 e. The second-order valence-corrected chi connectivity index (χ2v) is 10.6. The number of ether oxygens (including phenoxy) is 1. The van der Waals surface area contributed by atoms with Crippen molar-refractivity contribution in [3.63, 3.8) is 0 Å². The summed E-state index contributed by atoms with van der Waals surface area (Å²) in [6.45, 7) is 10.2. The first-order valence-electron chi connectivity index (χ1n) is 11.7. The van der Waals surface area contributed by atoms with Crippen LogP contribution in [0.1, 0.15) is 71.6 Å². The van der Waals surface area contributed by atoms with Crippen LogP contribution >= 0.6 is 0 Å². The van der Waals surface area contributed by atoms with Crippen molar-refractivity contribution in [2.45, 2.75) is 78.1 Å². The zero-order chi connectivity index (χ0) is 25.3. The van der Waals surface area contributed by atoms with E-state index in [9.17, 15) is 22.8 Å². The van der Waals surface area contributed by atoms with Crippen molar-refractivity contribution in [3.8, 4) is 0 Å². The number of aromatic nitrogens is 1. The first-order valence-corrected chi connectivity index (χ1v) is 11.7. The Bertz CT molecular complexity index is 953. The van der Waals surface area contributed by atoms with Gasteiger partial charge in [-0.15, -0.1) is 0 Å². The molecule has 1 aliphatic heterocycles. The molecule has 1 saturated carbocycles. The van der Waals surface area contributed by atoms with Gasteiger partial charge >= 0.3 is 12.3 Å². The van der Waals surface area contributed by atoms with Crippen LogP contribution in [0.3, 0.4) is 0 Å². The van der Waals surface area contributed by atoms with Gasteiger partial charge in [-0.2, -0.15) is 13.2 Å². The fourth-order valence-corrected chi connectivity index (χ4v) is 4.82. The van der Waals surface area contributed by atoms with Crippen molar-refractivity contribution in [2.24, 2.45) is 11.3 Å². The normalized spacial score (nSPS) is 23.6. The van der Waals surface area contributed by atoms with Gasteiger partial charge in [0.1, 0.15) is 5.60 Å². The number of amides is 2. The average Bonchev–Trinajstić information content (AvgIpc) is 3.16. The van der Waals surface area contributed by atoms with Crippen molar-refractivity contribution < 1.29 is 27.5 Å². The summed E-state index contributed by atoms with van der Waals surface area (Å²) >= 11 is 0. The Kier molecular flexibility index (Phi) is 7.34. The third kappa shape index (κ3) is 5.91. The van der Waals surface area contributed by atoms with E-state index in [-0.39, 0.29) is 17.9 Å². The summed E-state index contributed by atoms with van der Waals surface area (Å²) in [6, 6.07) is 1.87. The maximum atomic E-state index is 13.6. The molecule has 1 N–H and O–H groups in total. The van der Waals surface area contributed by atoms with Crippen LogP contribution in [0.15, 0.2) is 24.4 Å². The molecule has 6 nitrogen and oxygen atoms in total. The number of hydrogen-bond acceptors (Lipinski definition) is 4. The third-order valence-electron chi connectivity index (χ3n) is 6.71. The molecule has 34 heavy (non-hydrogen) atoms. The molecule has 1 fully saturated rings. The molecule has 0 radical (unpaired) electrons. The summed E-state index contributed by atoms with van der Waals surface area (Å²) < 4.78 is 44.5. The van der Waals surface area contributed by atoms with Gasteiger partial charge in [0.15, 0.2) is 0 Å². The Balaban J connectivity index is 1.69. The molecule has 2 heterocycles. The van der Waals surface area contributed by atoms with Crippen LogP contribution in [0.25, 0.3) is 5.57 Å². The highest BCUT2D eigenvalue weighted by Gasteiger charge is 2.49. The maximum absolute atomic E-state index is 13.6. The number of carbonyl (C=O) groups is 2. The summed E-state index contributed by atoms with van der Waals surface area (Å²) in [5.74, 6) is 0.101. The molecule has 2 aliphatic rings. The molecule has 2 amide bonds. The van der Waals surface area contributed by atoms with Crippen LogP contribution in [0, 0.1) is 11.3 Å². The number of nitrogens with one attached hydrogen (secondary N) is 1. The van der Waals surface area contributed by atoms with Crippen molar-refractivity contribution in [1.82, 2.24) is 15.2 Å². The molecule has 1 aromatic heterocycles. The summed E-state index contributed by atoms with van der Waals surface area (Å²) in [6.07, 6.45) is 0.371. The van der Waals surface area contributed by atoms with E-state index in [1.807, 2.05) is 13.8 Å². The molecule has 0 bridgehead atoms. The van der Waals surface area contributed by atoms with Gasteiger partial charge in [-0.05, 0) is 70.1 Å². The van der Waals surface area contributed by atoms with E-state index in [1.54, 1.807) is 31.7 Å². The molecule has 188 valence electrons. The Labute approximate surface area is 198 Å². The number of alkyl carbamates (subject to hydrolysis) is 1. The largest absolute Gasteiger partial charge is 0.444 e. The van der Waals surface area contributed by atoms with Crippen LogP contribution in [0.5, 0.6) is 0 Å². The van der Waals surface area contributed by atoms with Gasteiger partial charge in [0, 0.05) is 25.3 Å². The molecule has 9 heteroatoms. The number of rotatable bonds is 4. The number of alkyl halides is 3. The van der Waals surface area contributed by atoms with Crippen LogP contribution < -0.4 is 5.32 Å². The number of halogens is 3. The molecule has 1 aromatic rings. The molecular weight excluding hydrogens is 447 g/mol. The van der Waals surface area contributed by atoms with E-state index < -0.39 is 28.8 Å². The fraction of sp³-hybridized carbons (Fsp3) is 0.640.